The van der Waals surface area contributed by atoms with E-state index in [1.165, 1.54) is 12.1 Å². The van der Waals surface area contributed by atoms with E-state index >= 15 is 0 Å². The SMILES string of the molecule is N[14C@H]([14CH2][14c]1[14cH][14cH][14c](O)[14cH][14cH]1)[14C](=O)O. The second-order valence-corrected chi connectivity index (χ2v) is 2.82. The molecule has 0 aliphatic rings. The van der Waals surface area contributed by atoms with Gasteiger partial charge in [0.25, 0.3) is 0 Å². The summed E-state index contributed by atoms with van der Waals surface area (Å²) in [7, 11) is 0. The zero-order valence-corrected chi connectivity index (χ0v) is 6.97. The zero-order chi connectivity index (χ0) is 9.84. The van der Waals surface area contributed by atoms with Crippen molar-refractivity contribution < 1.29 is 15.0 Å². The number of aliphatic carboxylic acids is 1. The van der Waals surface area contributed by atoms with Gasteiger partial charge in [0.2, 0.25) is 0 Å². The molecule has 0 fully saturated rings. The highest BCUT2D eigenvalue weighted by Crippen LogP contribution is 2.10. The second kappa shape index (κ2) is 3.91. The molecule has 1 rings (SSSR count). The minimum absolute atomic E-state index is 0.160. The minimum atomic E-state index is -1.02. The van der Waals surface area contributed by atoms with Gasteiger partial charge in [-0.1, -0.05) is 12.1 Å². The molecular weight excluding hydrogens is 188 g/mol. The summed E-state index contributed by atoms with van der Waals surface area (Å²) in [6, 6.07) is 5.42. The lowest BCUT2D eigenvalue weighted by Gasteiger charge is -2.05. The molecule has 4 nitrogen and oxygen atoms in total. The molecule has 0 unspecified atom stereocenters. The quantitative estimate of drug-likeness (QED) is 0.655. The number of hydrogen-bond donors (Lipinski definition) is 3. The van der Waals surface area contributed by atoms with Gasteiger partial charge in [-0.05, 0) is 24.1 Å². The van der Waals surface area contributed by atoms with Crippen LogP contribution in [0.1, 0.15) is 5.56 Å². The van der Waals surface area contributed by atoms with Gasteiger partial charge in [-0.2, -0.15) is 0 Å². The summed E-state index contributed by atoms with van der Waals surface area (Å²) in [4.78, 5) is 10.4. The number of phenolic OH excluding ortho intramolecular Hbond substituents is 1. The molecule has 0 aromatic heterocycles. The average Bonchev–Trinajstić information content (AvgIpc) is 2.08. The van der Waals surface area contributed by atoms with E-state index in [1.54, 1.807) is 12.1 Å². The van der Waals surface area contributed by atoms with Gasteiger partial charge in [0, 0.05) is 0 Å². The summed E-state index contributed by atoms with van der Waals surface area (Å²) in [6.07, 6.45) is 0.273. The number of hydrogen-bond acceptors (Lipinski definition) is 3. The number of benzene rings is 1. The molecule has 0 radical (unpaired) electrons. The van der Waals surface area contributed by atoms with Crippen LogP contribution in [0, 0.1) is 0 Å². The number of carboxylic acid groups (broad SMARTS) is 1. The van der Waals surface area contributed by atoms with E-state index in [1.807, 2.05) is 0 Å². The van der Waals surface area contributed by atoms with Crippen LogP contribution in [0.2, 0.25) is 0 Å². The third-order valence-electron chi connectivity index (χ3n) is 1.71. The fraction of sp³-hybridized carbons (Fsp3) is 0.222. The Labute approximate surface area is 75.6 Å². The Balaban J connectivity index is 2.64. The van der Waals surface area contributed by atoms with E-state index < -0.39 is 12.0 Å². The Morgan fingerprint density at radius 1 is 1.38 bits per heavy atom. The Hall–Kier alpha value is -1.55. The third-order valence-corrected chi connectivity index (χ3v) is 1.71. The van der Waals surface area contributed by atoms with Crippen LogP contribution in [0.25, 0.3) is 0 Å². The molecule has 70 valence electrons. The molecule has 0 spiro atoms. The number of nitrogens with two attached hydrogens (primary N) is 1. The number of carbonyl (C=O) groups is 1. The molecule has 0 bridgehead atoms. The summed E-state index contributed by atoms with van der Waals surface area (Å²) in [5.41, 5.74) is 6.12. The average molecular weight is 199 g/mol. The van der Waals surface area contributed by atoms with Crippen molar-refractivity contribution >= 4 is 5.97 Å². The predicted molar refractivity (Wildman–Crippen MR) is 47.4 cm³/mol. The van der Waals surface area contributed by atoms with E-state index in [9.17, 15) is 4.79 Å². The highest BCUT2D eigenvalue weighted by molar-refractivity contribution is 5.73. The first-order valence-electron chi connectivity index (χ1n) is 3.86. The summed E-state index contributed by atoms with van der Waals surface area (Å²) < 4.78 is 0. The number of rotatable bonds is 3. The van der Waals surface area contributed by atoms with E-state index in [0.717, 1.165) is 5.56 Å². The standard InChI is InChI=1S/C9H11NO3/c10-8(9(12)13)5-6-1-3-7(11)4-2-6/h1-4,8,11H,5,10H2,(H,12,13)/t8-/m1/s1/i1+2,2+2,3+2,4+2,5+2,6+2,7+2,8+2,9+2. The predicted octanol–water partition coefficient (Wildman–Crippen LogP) is 0.347. The molecule has 0 heterocycles. The molecule has 0 amide bonds. The van der Waals surface area contributed by atoms with Crippen molar-refractivity contribution in [3.8, 4) is 5.75 Å². The molecule has 13 heavy (non-hydrogen) atoms. The van der Waals surface area contributed by atoms with Crippen molar-refractivity contribution in [1.82, 2.24) is 0 Å². The lowest BCUT2D eigenvalue weighted by Crippen LogP contribution is -2.32. The van der Waals surface area contributed by atoms with Crippen LogP contribution in [-0.4, -0.2) is 22.2 Å². The topological polar surface area (TPSA) is 83.5 Å². The maximum atomic E-state index is 10.4. The van der Waals surface area contributed by atoms with Gasteiger partial charge in [-0.25, -0.2) is 0 Å². The number of phenols is 1. The van der Waals surface area contributed by atoms with E-state index in [4.69, 9.17) is 15.9 Å². The largest absolute Gasteiger partial charge is 0.508 e. The molecule has 1 atom stereocenters. The van der Waals surface area contributed by atoms with Crippen molar-refractivity contribution in [2.24, 2.45) is 5.73 Å². The first kappa shape index (κ1) is 9.54. The molecule has 4 N–H and O–H groups in total. The van der Waals surface area contributed by atoms with Crippen LogP contribution in [0.5, 0.6) is 5.75 Å². The van der Waals surface area contributed by atoms with Crippen LogP contribution in [-0.2, 0) is 11.2 Å². The normalized spacial score (nSPS) is 12.4. The van der Waals surface area contributed by atoms with Crippen LogP contribution in [0.4, 0.5) is 0 Å². The molecule has 1 aromatic rings. The smallest absolute Gasteiger partial charge is 0.320 e. The molecule has 4 heteroatoms. The highest BCUT2D eigenvalue weighted by atomic mass is 16.7. The summed E-state index contributed by atoms with van der Waals surface area (Å²) in [6.45, 7) is 0. The first-order chi connectivity index (χ1) is 6.09. The second-order valence-electron chi connectivity index (χ2n) is 2.82. The van der Waals surface area contributed by atoms with Crippen LogP contribution in [0.15, 0.2) is 24.3 Å². The van der Waals surface area contributed by atoms with Crippen molar-refractivity contribution in [1.29, 1.82) is 0 Å². The lowest BCUT2D eigenvalue weighted by molar-refractivity contribution is -0.138. The van der Waals surface area contributed by atoms with Crippen LogP contribution < -0.4 is 5.73 Å². The Morgan fingerprint density at radius 3 is 2.38 bits per heavy atom. The zero-order valence-electron chi connectivity index (χ0n) is 6.97. The van der Waals surface area contributed by atoms with E-state index in [-0.39, 0.29) is 12.2 Å². The maximum Gasteiger partial charge on any atom is 0.320 e. The Kier molecular flexibility index (Phi) is 2.87. The lowest BCUT2D eigenvalue weighted by atomic mass is 12.0. The molecule has 0 saturated heterocycles. The summed E-state index contributed by atoms with van der Waals surface area (Å²) in [5.74, 6) is -0.860. The molecule has 0 aliphatic carbocycles. The van der Waals surface area contributed by atoms with Gasteiger partial charge in [0.15, 0.2) is 0 Å². The van der Waals surface area contributed by atoms with Gasteiger partial charge >= 0.3 is 5.97 Å². The van der Waals surface area contributed by atoms with Crippen molar-refractivity contribution in [2.45, 2.75) is 12.5 Å². The fourth-order valence-electron chi connectivity index (χ4n) is 0.973. The van der Waals surface area contributed by atoms with Gasteiger partial charge < -0.3 is 15.9 Å². The minimum Gasteiger partial charge on any atom is -0.508 e. The van der Waals surface area contributed by atoms with Crippen molar-refractivity contribution in [3.05, 3.63) is 29.8 Å². The van der Waals surface area contributed by atoms with E-state index in [2.05, 4.69) is 0 Å². The van der Waals surface area contributed by atoms with Crippen molar-refractivity contribution in [2.75, 3.05) is 0 Å². The molecule has 0 saturated carbocycles. The molecular formula is C9H11NO3. The summed E-state index contributed by atoms with van der Waals surface area (Å²) >= 11 is 0. The van der Waals surface area contributed by atoms with Crippen molar-refractivity contribution in [3.63, 3.8) is 0 Å². The number of carboxylic acids is 1. The van der Waals surface area contributed by atoms with E-state index in [0.29, 0.717) is 0 Å². The fourth-order valence-corrected chi connectivity index (χ4v) is 0.973. The Morgan fingerprint density at radius 2 is 1.92 bits per heavy atom. The van der Waals surface area contributed by atoms with Gasteiger partial charge in [-0.15, -0.1) is 0 Å². The Bertz CT molecular complexity index is 294. The number of aromatic hydroxyl groups is 1. The monoisotopic (exact) mass is 199 g/mol. The molecule has 0 aliphatic heterocycles. The van der Waals surface area contributed by atoms with Gasteiger partial charge in [0.05, 0.1) is 0 Å². The maximum absolute atomic E-state index is 10.4. The third kappa shape index (κ3) is 2.76. The highest BCUT2D eigenvalue weighted by Gasteiger charge is 2.11. The van der Waals surface area contributed by atoms with Gasteiger partial charge in [-0.3, -0.25) is 4.79 Å². The first-order valence-corrected chi connectivity index (χ1v) is 3.86. The van der Waals surface area contributed by atoms with Crippen LogP contribution >= 0.6 is 0 Å². The summed E-state index contributed by atoms with van der Waals surface area (Å²) in [5, 5.41) is 17.5. The molecule has 1 aromatic carbocycles. The van der Waals surface area contributed by atoms with Crippen LogP contribution in [0.3, 0.4) is 0 Å². The van der Waals surface area contributed by atoms with Gasteiger partial charge in [0.1, 0.15) is 11.8 Å².